The summed E-state index contributed by atoms with van der Waals surface area (Å²) >= 11 is 3.40. The zero-order valence-corrected chi connectivity index (χ0v) is 21.7. The van der Waals surface area contributed by atoms with Gasteiger partial charge < -0.3 is 14.8 Å². The number of hydrogen-bond acceptors (Lipinski definition) is 6. The van der Waals surface area contributed by atoms with Gasteiger partial charge in [-0.25, -0.2) is 4.98 Å². The topological polar surface area (TPSA) is 94.8 Å². The summed E-state index contributed by atoms with van der Waals surface area (Å²) in [6.45, 7) is 3.67. The summed E-state index contributed by atoms with van der Waals surface area (Å²) in [5.41, 5.74) is 2.77. The molecule has 0 saturated carbocycles. The van der Waals surface area contributed by atoms with Crippen molar-refractivity contribution >= 4 is 44.6 Å². The van der Waals surface area contributed by atoms with E-state index in [4.69, 9.17) is 9.47 Å². The van der Waals surface area contributed by atoms with Gasteiger partial charge in [0.15, 0.2) is 18.1 Å². The monoisotopic (exact) mass is 548 g/mol. The van der Waals surface area contributed by atoms with Gasteiger partial charge in [0, 0.05) is 16.6 Å². The van der Waals surface area contributed by atoms with Crippen LogP contribution in [0, 0.1) is 6.92 Å². The van der Waals surface area contributed by atoms with Gasteiger partial charge in [0.05, 0.1) is 24.2 Å². The third-order valence-corrected chi connectivity index (χ3v) is 5.97. The minimum absolute atomic E-state index is 0.175. The second-order valence-electron chi connectivity index (χ2n) is 7.97. The van der Waals surface area contributed by atoms with Gasteiger partial charge >= 0.3 is 0 Å². The van der Waals surface area contributed by atoms with E-state index in [9.17, 15) is 9.59 Å². The number of benzene rings is 3. The molecule has 0 aliphatic heterocycles. The van der Waals surface area contributed by atoms with E-state index < -0.39 is 0 Å². The van der Waals surface area contributed by atoms with Gasteiger partial charge in [-0.15, -0.1) is 0 Å². The van der Waals surface area contributed by atoms with Gasteiger partial charge in [-0.1, -0.05) is 41.1 Å². The maximum atomic E-state index is 13.1. The number of ether oxygens (including phenoxy) is 2. The maximum Gasteiger partial charge on any atom is 0.282 e. The summed E-state index contributed by atoms with van der Waals surface area (Å²) in [6, 6.07) is 18.1. The van der Waals surface area contributed by atoms with E-state index in [1.54, 1.807) is 36.5 Å². The molecule has 1 heterocycles. The van der Waals surface area contributed by atoms with Gasteiger partial charge in [-0.2, -0.15) is 9.78 Å². The van der Waals surface area contributed by atoms with Crippen molar-refractivity contribution in [3.05, 3.63) is 92.4 Å². The van der Waals surface area contributed by atoms with Crippen LogP contribution in [-0.2, 0) is 11.2 Å². The smallest absolute Gasteiger partial charge is 0.282 e. The van der Waals surface area contributed by atoms with Crippen LogP contribution in [-0.4, -0.2) is 35.5 Å². The van der Waals surface area contributed by atoms with Crippen molar-refractivity contribution < 1.29 is 14.3 Å². The molecule has 3 aromatic carbocycles. The van der Waals surface area contributed by atoms with Gasteiger partial charge in [0.2, 0.25) is 0 Å². The third-order valence-electron chi connectivity index (χ3n) is 5.48. The molecule has 36 heavy (non-hydrogen) atoms. The molecule has 0 unspecified atom stereocenters. The van der Waals surface area contributed by atoms with Gasteiger partial charge in [-0.05, 0) is 60.5 Å². The highest BCUT2D eigenvalue weighted by atomic mass is 79.9. The Kier molecular flexibility index (Phi) is 7.80. The lowest BCUT2D eigenvalue weighted by Crippen LogP contribution is -2.22. The molecule has 1 aromatic heterocycles. The molecule has 0 saturated heterocycles. The number of anilines is 1. The van der Waals surface area contributed by atoms with Crippen LogP contribution in [0.3, 0.4) is 0 Å². The van der Waals surface area contributed by atoms with E-state index in [0.29, 0.717) is 40.2 Å². The first-order valence-electron chi connectivity index (χ1n) is 11.3. The Morgan fingerprint density at radius 3 is 2.69 bits per heavy atom. The lowest BCUT2D eigenvalue weighted by atomic mass is 10.2. The molecule has 184 valence electrons. The Morgan fingerprint density at radius 1 is 1.14 bits per heavy atom. The minimum atomic E-state index is -0.279. The Labute approximate surface area is 216 Å². The first-order chi connectivity index (χ1) is 17.4. The van der Waals surface area contributed by atoms with Crippen molar-refractivity contribution in [2.45, 2.75) is 20.3 Å². The van der Waals surface area contributed by atoms with E-state index >= 15 is 0 Å². The first-order valence-corrected chi connectivity index (χ1v) is 12.1. The Bertz CT molecular complexity index is 1510. The molecule has 8 nitrogen and oxygen atoms in total. The fourth-order valence-corrected chi connectivity index (χ4v) is 3.95. The highest BCUT2D eigenvalue weighted by Gasteiger charge is 2.11. The van der Waals surface area contributed by atoms with Crippen molar-refractivity contribution in [3.63, 3.8) is 0 Å². The van der Waals surface area contributed by atoms with Crippen LogP contribution in [0.25, 0.3) is 10.9 Å². The molecule has 9 heteroatoms. The van der Waals surface area contributed by atoms with Crippen LogP contribution in [0.5, 0.6) is 11.5 Å². The predicted octanol–water partition coefficient (Wildman–Crippen LogP) is 4.94. The fourth-order valence-electron chi connectivity index (χ4n) is 3.59. The second kappa shape index (κ2) is 11.2. The number of carbonyl (C=O) groups excluding carboxylic acids is 1. The van der Waals surface area contributed by atoms with Gasteiger partial charge in [-0.3, -0.25) is 9.59 Å². The number of hydrogen-bond donors (Lipinski definition) is 1. The molecule has 0 radical (unpaired) electrons. The van der Waals surface area contributed by atoms with Crippen LogP contribution >= 0.6 is 15.9 Å². The molecular weight excluding hydrogens is 524 g/mol. The first kappa shape index (κ1) is 25.1. The number of aryl methyl sites for hydroxylation is 2. The molecule has 0 spiro atoms. The van der Waals surface area contributed by atoms with E-state index in [0.717, 1.165) is 15.7 Å². The third kappa shape index (κ3) is 5.63. The average Bonchev–Trinajstić information content (AvgIpc) is 2.88. The molecule has 4 aromatic rings. The largest absolute Gasteiger partial charge is 0.493 e. The van der Waals surface area contributed by atoms with Crippen molar-refractivity contribution in [1.29, 1.82) is 0 Å². The van der Waals surface area contributed by atoms with Crippen LogP contribution in [0.4, 0.5) is 5.69 Å². The second-order valence-corrected chi connectivity index (χ2v) is 8.88. The number of carbonyl (C=O) groups is 1. The summed E-state index contributed by atoms with van der Waals surface area (Å²) in [5, 5.41) is 7.71. The summed E-state index contributed by atoms with van der Waals surface area (Å²) in [4.78, 5) is 30.0. The van der Waals surface area contributed by atoms with E-state index in [1.165, 1.54) is 11.8 Å². The molecule has 4 rings (SSSR count). The predicted molar refractivity (Wildman–Crippen MR) is 144 cm³/mol. The van der Waals surface area contributed by atoms with Gasteiger partial charge in [0.1, 0.15) is 5.82 Å². The maximum absolute atomic E-state index is 13.1. The van der Waals surface area contributed by atoms with Crippen LogP contribution < -0.4 is 20.3 Å². The number of fused-ring (bicyclic) bond motifs is 1. The molecule has 0 bridgehead atoms. The lowest BCUT2D eigenvalue weighted by molar-refractivity contribution is -0.118. The van der Waals surface area contributed by atoms with Crippen molar-refractivity contribution in [3.8, 4) is 11.5 Å². The SMILES string of the molecule is CCc1nc2ccc(Br)cc2c(=O)n1N=Cc1ccc(OCC(=O)Nc2ccccc2C)c(OC)c1. The van der Waals surface area contributed by atoms with Crippen LogP contribution in [0.2, 0.25) is 0 Å². The lowest BCUT2D eigenvalue weighted by Gasteiger charge is -2.12. The Morgan fingerprint density at radius 2 is 1.94 bits per heavy atom. The molecule has 0 aliphatic carbocycles. The average molecular weight is 549 g/mol. The Balaban J connectivity index is 1.52. The molecular formula is C27H25BrN4O4. The zero-order valence-electron chi connectivity index (χ0n) is 20.1. The number of methoxy groups -OCH3 is 1. The molecule has 0 fully saturated rings. The number of para-hydroxylation sites is 1. The number of halogens is 1. The highest BCUT2D eigenvalue weighted by molar-refractivity contribution is 9.10. The number of nitrogens with zero attached hydrogens (tertiary/aromatic N) is 3. The number of rotatable bonds is 8. The summed E-state index contributed by atoms with van der Waals surface area (Å²) in [5.74, 6) is 1.13. The van der Waals surface area contributed by atoms with Crippen LogP contribution in [0.15, 0.2) is 75.0 Å². The van der Waals surface area contributed by atoms with E-state index in [1.807, 2.05) is 44.2 Å². The summed E-state index contributed by atoms with van der Waals surface area (Å²) < 4.78 is 13.2. The summed E-state index contributed by atoms with van der Waals surface area (Å²) in [7, 11) is 1.52. The number of nitrogens with one attached hydrogen (secondary N) is 1. The normalized spacial score (nSPS) is 11.1. The Hall–Kier alpha value is -3.98. The molecule has 0 aliphatic rings. The van der Waals surface area contributed by atoms with E-state index in [2.05, 4.69) is 31.3 Å². The minimum Gasteiger partial charge on any atom is -0.493 e. The van der Waals surface area contributed by atoms with Crippen LogP contribution in [0.1, 0.15) is 23.9 Å². The van der Waals surface area contributed by atoms with E-state index in [-0.39, 0.29) is 18.1 Å². The highest BCUT2D eigenvalue weighted by Crippen LogP contribution is 2.27. The summed E-state index contributed by atoms with van der Waals surface area (Å²) in [6.07, 6.45) is 2.10. The van der Waals surface area contributed by atoms with Crippen molar-refractivity contribution in [2.24, 2.45) is 5.10 Å². The number of amides is 1. The molecule has 1 N–H and O–H groups in total. The van der Waals surface area contributed by atoms with Crippen molar-refractivity contribution in [1.82, 2.24) is 9.66 Å². The quantitative estimate of drug-likeness (QED) is 0.315. The fraction of sp³-hybridized carbons (Fsp3) is 0.185. The standard InChI is InChI=1S/C27H25BrN4O4/c1-4-25-30-22-11-10-19(28)14-20(22)27(34)32(25)29-15-18-9-12-23(24(13-18)35-3)36-16-26(33)31-21-8-6-5-7-17(21)2/h5-15H,4,16H2,1-3H3,(H,31,33). The molecule has 1 amide bonds. The van der Waals surface area contributed by atoms with Gasteiger partial charge in [0.25, 0.3) is 11.5 Å². The zero-order chi connectivity index (χ0) is 25.7. The van der Waals surface area contributed by atoms with Crippen molar-refractivity contribution in [2.75, 3.05) is 19.0 Å². The number of aromatic nitrogens is 2. The molecule has 0 atom stereocenters.